The Morgan fingerprint density at radius 2 is 2.41 bits per heavy atom. The van der Waals surface area contributed by atoms with Gasteiger partial charge in [0.2, 0.25) is 0 Å². The minimum Gasteiger partial charge on any atom is -0.480 e. The van der Waals surface area contributed by atoms with Crippen LogP contribution in [-0.4, -0.2) is 48.3 Å². The third kappa shape index (κ3) is 2.34. The van der Waals surface area contributed by atoms with Crippen LogP contribution in [0.4, 0.5) is 0 Å². The second-order valence-corrected chi connectivity index (χ2v) is 5.26. The summed E-state index contributed by atoms with van der Waals surface area (Å²) >= 11 is 0. The summed E-state index contributed by atoms with van der Waals surface area (Å²) in [6, 6.07) is -0.496. The molecule has 0 spiro atoms. The summed E-state index contributed by atoms with van der Waals surface area (Å²) in [6.45, 7) is 2.74. The number of rotatable bonds is 5. The van der Waals surface area contributed by atoms with Gasteiger partial charge in [0.05, 0.1) is 6.10 Å². The zero-order valence-electron chi connectivity index (χ0n) is 10.2. The van der Waals surface area contributed by atoms with Crippen LogP contribution < -0.4 is 5.32 Å². The highest BCUT2D eigenvalue weighted by atomic mass is 16.5. The van der Waals surface area contributed by atoms with Gasteiger partial charge in [-0.3, -0.25) is 4.79 Å². The van der Waals surface area contributed by atoms with E-state index in [0.29, 0.717) is 13.2 Å². The summed E-state index contributed by atoms with van der Waals surface area (Å²) in [5.41, 5.74) is -0.263. The number of carboxylic acid groups (broad SMARTS) is 1. The molecule has 0 aromatic heterocycles. The smallest absolute Gasteiger partial charge is 0.321 e. The van der Waals surface area contributed by atoms with E-state index in [1.807, 2.05) is 0 Å². The average molecular weight is 241 g/mol. The molecule has 0 bridgehead atoms. The van der Waals surface area contributed by atoms with Gasteiger partial charge in [-0.1, -0.05) is 13.2 Å². The van der Waals surface area contributed by atoms with Gasteiger partial charge in [0.25, 0.3) is 6.92 Å². The number of hydrogen-bond acceptors (Lipinski definition) is 4. The molecular formula is C11H20BNO4. The molecule has 0 radical (unpaired) electrons. The van der Waals surface area contributed by atoms with Crippen LogP contribution in [0.3, 0.4) is 0 Å². The van der Waals surface area contributed by atoms with E-state index in [1.165, 1.54) is 0 Å². The van der Waals surface area contributed by atoms with Gasteiger partial charge in [-0.25, -0.2) is 0 Å². The van der Waals surface area contributed by atoms with Gasteiger partial charge in [-0.05, 0) is 19.2 Å². The predicted molar refractivity (Wildman–Crippen MR) is 64.1 cm³/mol. The number of hydrogen-bond donors (Lipinski definition) is 3. The molecule has 0 amide bonds. The largest absolute Gasteiger partial charge is 0.480 e. The molecule has 1 unspecified atom stereocenters. The van der Waals surface area contributed by atoms with Gasteiger partial charge in [0, 0.05) is 18.6 Å². The van der Waals surface area contributed by atoms with E-state index < -0.39 is 12.0 Å². The van der Waals surface area contributed by atoms with E-state index in [2.05, 4.69) is 5.32 Å². The topological polar surface area (TPSA) is 78.8 Å². The maximum atomic E-state index is 11.3. The molecule has 0 aromatic carbocycles. The average Bonchev–Trinajstić information content (AvgIpc) is 2.73. The summed E-state index contributed by atoms with van der Waals surface area (Å²) in [7, 11) is 0. The minimum atomic E-state index is -0.782. The van der Waals surface area contributed by atoms with Crippen molar-refractivity contribution < 1.29 is 19.7 Å². The summed E-state index contributed by atoms with van der Waals surface area (Å²) in [6.07, 6.45) is 3.22. The molecule has 2 saturated heterocycles. The van der Waals surface area contributed by atoms with Crippen LogP contribution in [0.1, 0.15) is 19.3 Å². The predicted octanol–water partition coefficient (Wildman–Crippen LogP) is 0.212. The molecule has 3 atom stereocenters. The van der Waals surface area contributed by atoms with E-state index in [0.717, 1.165) is 25.6 Å². The first-order valence-electron chi connectivity index (χ1n) is 6.32. The summed E-state index contributed by atoms with van der Waals surface area (Å²) in [5.74, 6) is -0.782. The molecule has 17 heavy (non-hydrogen) atoms. The lowest BCUT2D eigenvalue weighted by molar-refractivity contribution is -0.142. The second kappa shape index (κ2) is 4.96. The molecule has 0 aromatic rings. The van der Waals surface area contributed by atoms with Crippen molar-refractivity contribution in [2.45, 2.75) is 44.6 Å². The highest BCUT2D eigenvalue weighted by Crippen LogP contribution is 2.46. The molecule has 2 fully saturated rings. The number of nitrogens with one attached hydrogen (secondary N) is 1. The fraction of sp³-hybridized carbons (Fsp3) is 0.909. The fourth-order valence-electron chi connectivity index (χ4n) is 3.23. The Kier molecular flexibility index (Phi) is 3.75. The first-order chi connectivity index (χ1) is 8.06. The minimum absolute atomic E-state index is 0.0256. The SMILES string of the molecule is CB(O)CCC[C@]12CCOC1CN[C@@H]2C(=O)O. The molecule has 2 heterocycles. The maximum Gasteiger partial charge on any atom is 0.321 e. The molecule has 3 N–H and O–H groups in total. The number of ether oxygens (including phenoxy) is 1. The lowest BCUT2D eigenvalue weighted by Crippen LogP contribution is -2.44. The van der Waals surface area contributed by atoms with Crippen LogP contribution in [0.5, 0.6) is 0 Å². The zero-order chi connectivity index (χ0) is 12.5. The molecule has 0 aliphatic carbocycles. The van der Waals surface area contributed by atoms with Crippen molar-refractivity contribution in [3.8, 4) is 0 Å². The Bertz CT molecular complexity index is 299. The third-order valence-corrected chi connectivity index (χ3v) is 4.12. The van der Waals surface area contributed by atoms with E-state index >= 15 is 0 Å². The molecule has 5 nitrogen and oxygen atoms in total. The monoisotopic (exact) mass is 241 g/mol. The van der Waals surface area contributed by atoms with Gasteiger partial charge in [-0.15, -0.1) is 0 Å². The Morgan fingerprint density at radius 3 is 3.06 bits per heavy atom. The van der Waals surface area contributed by atoms with Crippen molar-refractivity contribution in [1.82, 2.24) is 5.32 Å². The number of aliphatic carboxylic acids is 1. The first-order valence-corrected chi connectivity index (χ1v) is 6.32. The summed E-state index contributed by atoms with van der Waals surface area (Å²) in [5, 5.41) is 21.6. The third-order valence-electron chi connectivity index (χ3n) is 4.12. The molecule has 96 valence electrons. The maximum absolute atomic E-state index is 11.3. The van der Waals surface area contributed by atoms with Crippen LogP contribution in [0.25, 0.3) is 0 Å². The molecule has 2 aliphatic rings. The quantitative estimate of drug-likeness (QED) is 0.600. The van der Waals surface area contributed by atoms with Crippen molar-refractivity contribution in [3.63, 3.8) is 0 Å². The zero-order valence-corrected chi connectivity index (χ0v) is 10.2. The molecule has 2 aliphatic heterocycles. The van der Waals surface area contributed by atoms with Crippen molar-refractivity contribution in [3.05, 3.63) is 0 Å². The van der Waals surface area contributed by atoms with Gasteiger partial charge in [-0.2, -0.15) is 0 Å². The van der Waals surface area contributed by atoms with Gasteiger partial charge in [0.1, 0.15) is 6.04 Å². The summed E-state index contributed by atoms with van der Waals surface area (Å²) < 4.78 is 5.63. The van der Waals surface area contributed by atoms with Crippen molar-refractivity contribution in [2.75, 3.05) is 13.2 Å². The normalized spacial score (nSPS) is 35.9. The Hall–Kier alpha value is -0.585. The van der Waals surface area contributed by atoms with Crippen LogP contribution in [0, 0.1) is 5.41 Å². The lowest BCUT2D eigenvalue weighted by Gasteiger charge is -2.31. The van der Waals surface area contributed by atoms with Crippen LogP contribution in [0.2, 0.25) is 13.1 Å². The summed E-state index contributed by atoms with van der Waals surface area (Å²) in [4.78, 5) is 11.3. The number of carboxylic acids is 1. The van der Waals surface area contributed by atoms with E-state index in [-0.39, 0.29) is 18.4 Å². The highest BCUT2D eigenvalue weighted by molar-refractivity contribution is 6.48. The van der Waals surface area contributed by atoms with Crippen LogP contribution in [0.15, 0.2) is 0 Å². The highest BCUT2D eigenvalue weighted by Gasteiger charge is 2.56. The molecular weight excluding hydrogens is 221 g/mol. The van der Waals surface area contributed by atoms with Crippen molar-refractivity contribution >= 4 is 12.9 Å². The molecule has 0 saturated carbocycles. The first kappa shape index (κ1) is 12.9. The van der Waals surface area contributed by atoms with Gasteiger partial charge < -0.3 is 20.2 Å². The van der Waals surface area contributed by atoms with Gasteiger partial charge in [0.15, 0.2) is 0 Å². The van der Waals surface area contributed by atoms with Gasteiger partial charge >= 0.3 is 5.97 Å². The second-order valence-electron chi connectivity index (χ2n) is 5.26. The van der Waals surface area contributed by atoms with Crippen LogP contribution in [-0.2, 0) is 9.53 Å². The van der Waals surface area contributed by atoms with Crippen molar-refractivity contribution in [1.29, 1.82) is 0 Å². The number of carbonyl (C=O) groups is 1. The fourth-order valence-corrected chi connectivity index (χ4v) is 3.23. The van der Waals surface area contributed by atoms with Crippen molar-refractivity contribution in [2.24, 2.45) is 5.41 Å². The molecule has 6 heteroatoms. The van der Waals surface area contributed by atoms with E-state index in [1.54, 1.807) is 6.82 Å². The Balaban J connectivity index is 2.03. The lowest BCUT2D eigenvalue weighted by atomic mass is 9.64. The Morgan fingerprint density at radius 1 is 1.65 bits per heavy atom. The number of fused-ring (bicyclic) bond motifs is 1. The Labute approximate surface area is 102 Å². The standard InChI is InChI=1S/C11H20BNO4/c1-12(16)5-2-3-11-4-6-17-8(11)7-13-9(11)10(14)15/h8-9,13,16H,2-7H2,1H3,(H,14,15)/t8?,9-,11+/m1/s1. The van der Waals surface area contributed by atoms with E-state index in [4.69, 9.17) is 4.74 Å². The van der Waals surface area contributed by atoms with E-state index in [9.17, 15) is 14.9 Å². The van der Waals surface area contributed by atoms with Crippen LogP contribution >= 0.6 is 0 Å². The molecule has 2 rings (SSSR count).